The third-order valence-corrected chi connectivity index (χ3v) is 20.3. The standard InChI is InChI=1S/C76H148O17P2/c1-7-11-13-15-17-18-19-20-21-22-23-24-25-26-27-28-29-30-35-42-48-54-60-75(80)92-72(65-87-74(79)59-53-47-41-34-32-31-33-39-44-50-56-68(5)9-3)67-91-95(84,85)89-63-70(77)62-88-94(82,83)90-66-71(64-86-73(78)58-52-46-38-16-14-12-8-2)93-76(81)61-55-49-43-37-36-40-45-51-57-69(6)10-4/h68-72,77H,7-67H2,1-6H3,(H,82,83)(H,84,85)/t68?,69?,70-,71+,72+/m0/s1. The maximum atomic E-state index is 13.1. The van der Waals surface area contributed by atoms with E-state index >= 15 is 0 Å². The summed E-state index contributed by atoms with van der Waals surface area (Å²) in [6.07, 6.45) is 55.7. The van der Waals surface area contributed by atoms with Gasteiger partial charge in [0.15, 0.2) is 12.2 Å². The van der Waals surface area contributed by atoms with Crippen LogP contribution in [-0.4, -0.2) is 96.7 Å². The number of ether oxygens (including phenoxy) is 4. The summed E-state index contributed by atoms with van der Waals surface area (Å²) in [4.78, 5) is 72.6. The molecule has 0 amide bonds. The van der Waals surface area contributed by atoms with E-state index in [9.17, 15) is 43.2 Å². The Morgan fingerprint density at radius 2 is 0.505 bits per heavy atom. The van der Waals surface area contributed by atoms with E-state index < -0.39 is 97.5 Å². The molecule has 0 aliphatic heterocycles. The number of phosphoric acid groups is 2. The molecule has 0 saturated carbocycles. The molecule has 0 rings (SSSR count). The number of carbonyl (C=O) groups excluding carboxylic acids is 4. The van der Waals surface area contributed by atoms with Crippen LogP contribution >= 0.6 is 15.6 Å². The SMILES string of the molecule is CCCCCCCCCCCCCCCCCCCCCCCCC(=O)O[C@H](COC(=O)CCCCCCCCCCCCC(C)CC)COP(=O)(O)OC[C@@H](O)COP(=O)(O)OC[C@@H](COC(=O)CCCCCCCCC)OC(=O)CCCCCCCCCCC(C)CC. The van der Waals surface area contributed by atoms with Gasteiger partial charge in [-0.15, -0.1) is 0 Å². The van der Waals surface area contributed by atoms with E-state index in [2.05, 4.69) is 41.5 Å². The van der Waals surface area contributed by atoms with Gasteiger partial charge in [0.2, 0.25) is 0 Å². The molecule has 564 valence electrons. The van der Waals surface area contributed by atoms with Crippen LogP contribution in [0.15, 0.2) is 0 Å². The topological polar surface area (TPSA) is 237 Å². The maximum Gasteiger partial charge on any atom is 0.472 e. The second-order valence-corrected chi connectivity index (χ2v) is 30.8. The van der Waals surface area contributed by atoms with Gasteiger partial charge in [-0.05, 0) is 37.5 Å². The van der Waals surface area contributed by atoms with Crippen molar-refractivity contribution >= 4 is 39.5 Å². The lowest BCUT2D eigenvalue weighted by atomic mass is 9.99. The number of aliphatic hydroxyl groups is 1. The van der Waals surface area contributed by atoms with Crippen LogP contribution in [0.4, 0.5) is 0 Å². The van der Waals surface area contributed by atoms with Crippen LogP contribution in [0.5, 0.6) is 0 Å². The average molecular weight is 1400 g/mol. The summed E-state index contributed by atoms with van der Waals surface area (Å²) in [7, 11) is -9.90. The van der Waals surface area contributed by atoms with Gasteiger partial charge >= 0.3 is 39.5 Å². The van der Waals surface area contributed by atoms with Crippen LogP contribution in [0.2, 0.25) is 0 Å². The van der Waals surface area contributed by atoms with Gasteiger partial charge < -0.3 is 33.8 Å². The minimum atomic E-state index is -4.96. The van der Waals surface area contributed by atoms with Gasteiger partial charge in [0.05, 0.1) is 26.4 Å². The van der Waals surface area contributed by atoms with E-state index in [0.29, 0.717) is 25.7 Å². The fourth-order valence-corrected chi connectivity index (χ4v) is 13.2. The quantitative estimate of drug-likeness (QED) is 0.0222. The van der Waals surface area contributed by atoms with Crippen molar-refractivity contribution in [3.05, 3.63) is 0 Å². The Labute approximate surface area is 581 Å². The molecule has 0 fully saturated rings. The van der Waals surface area contributed by atoms with Crippen molar-refractivity contribution < 1.29 is 80.2 Å². The van der Waals surface area contributed by atoms with E-state index in [4.69, 9.17) is 37.0 Å². The molecule has 3 N–H and O–H groups in total. The molecule has 0 aromatic carbocycles. The Morgan fingerprint density at radius 3 is 0.747 bits per heavy atom. The second kappa shape index (κ2) is 67.9. The van der Waals surface area contributed by atoms with Gasteiger partial charge in [-0.3, -0.25) is 37.3 Å². The fourth-order valence-electron chi connectivity index (χ4n) is 11.6. The van der Waals surface area contributed by atoms with Crippen molar-refractivity contribution in [3.8, 4) is 0 Å². The zero-order valence-electron chi connectivity index (χ0n) is 62.0. The molecule has 0 spiro atoms. The highest BCUT2D eigenvalue weighted by Crippen LogP contribution is 2.45. The van der Waals surface area contributed by atoms with Crippen molar-refractivity contribution in [1.82, 2.24) is 0 Å². The van der Waals surface area contributed by atoms with Crippen LogP contribution in [0.25, 0.3) is 0 Å². The molecule has 7 atom stereocenters. The van der Waals surface area contributed by atoms with Gasteiger partial charge in [0.1, 0.15) is 19.3 Å². The van der Waals surface area contributed by atoms with Crippen molar-refractivity contribution in [2.75, 3.05) is 39.6 Å². The summed E-state index contributed by atoms with van der Waals surface area (Å²) in [6.45, 7) is 9.57. The lowest BCUT2D eigenvalue weighted by Gasteiger charge is -2.21. The average Bonchev–Trinajstić information content (AvgIpc) is 1.94. The van der Waals surface area contributed by atoms with Crippen molar-refractivity contribution in [3.63, 3.8) is 0 Å². The second-order valence-electron chi connectivity index (χ2n) is 27.9. The van der Waals surface area contributed by atoms with Crippen molar-refractivity contribution in [1.29, 1.82) is 0 Å². The molecule has 17 nitrogen and oxygen atoms in total. The highest BCUT2D eigenvalue weighted by Gasteiger charge is 2.30. The molecule has 0 aromatic rings. The van der Waals surface area contributed by atoms with Crippen LogP contribution in [-0.2, 0) is 65.4 Å². The Hall–Kier alpha value is -1.94. The van der Waals surface area contributed by atoms with Crippen LogP contribution < -0.4 is 0 Å². The van der Waals surface area contributed by atoms with Crippen LogP contribution in [0, 0.1) is 11.8 Å². The summed E-state index contributed by atoms with van der Waals surface area (Å²) in [5, 5.41) is 10.6. The number of unbranched alkanes of at least 4 members (excludes halogenated alkanes) is 43. The number of phosphoric ester groups is 2. The molecule has 4 unspecified atom stereocenters. The molecule has 0 aliphatic carbocycles. The van der Waals surface area contributed by atoms with Crippen molar-refractivity contribution in [2.24, 2.45) is 11.8 Å². The highest BCUT2D eigenvalue weighted by atomic mass is 31.2. The Morgan fingerprint density at radius 1 is 0.295 bits per heavy atom. The Kier molecular flexibility index (Phi) is 66.5. The lowest BCUT2D eigenvalue weighted by Crippen LogP contribution is -2.30. The smallest absolute Gasteiger partial charge is 0.462 e. The molecule has 0 bridgehead atoms. The fraction of sp³-hybridized carbons (Fsp3) is 0.947. The molecular weight excluding hydrogens is 1250 g/mol. The normalized spacial score (nSPS) is 14.6. The third kappa shape index (κ3) is 67.6. The molecular formula is C76H148O17P2. The summed E-state index contributed by atoms with van der Waals surface area (Å²) < 4.78 is 68.4. The van der Waals surface area contributed by atoms with Crippen molar-refractivity contribution in [2.45, 2.75) is 413 Å². The van der Waals surface area contributed by atoms with Crippen LogP contribution in [0.1, 0.15) is 395 Å². The maximum absolute atomic E-state index is 13.1. The zero-order valence-corrected chi connectivity index (χ0v) is 63.8. The van der Waals surface area contributed by atoms with E-state index in [1.54, 1.807) is 0 Å². The monoisotopic (exact) mass is 1400 g/mol. The first-order valence-corrected chi connectivity index (χ1v) is 42.6. The lowest BCUT2D eigenvalue weighted by molar-refractivity contribution is -0.161. The van der Waals surface area contributed by atoms with E-state index in [0.717, 1.165) is 115 Å². The predicted octanol–water partition coefficient (Wildman–Crippen LogP) is 22.3. The molecule has 0 radical (unpaired) electrons. The molecule has 0 saturated heterocycles. The van der Waals surface area contributed by atoms with Gasteiger partial charge in [-0.1, -0.05) is 343 Å². The van der Waals surface area contributed by atoms with Gasteiger partial charge in [0.25, 0.3) is 0 Å². The zero-order chi connectivity index (χ0) is 70.0. The number of rotatable bonds is 75. The highest BCUT2D eigenvalue weighted by molar-refractivity contribution is 7.47. The minimum absolute atomic E-state index is 0.105. The first-order valence-electron chi connectivity index (χ1n) is 39.6. The summed E-state index contributed by atoms with van der Waals surface area (Å²) in [6, 6.07) is 0. The van der Waals surface area contributed by atoms with E-state index in [1.165, 1.54) is 199 Å². The largest absolute Gasteiger partial charge is 0.472 e. The third-order valence-electron chi connectivity index (χ3n) is 18.4. The Balaban J connectivity index is 5.16. The molecule has 95 heavy (non-hydrogen) atoms. The molecule has 0 heterocycles. The molecule has 0 aromatic heterocycles. The number of hydrogen-bond donors (Lipinski definition) is 3. The molecule has 0 aliphatic rings. The number of carbonyl (C=O) groups is 4. The van der Waals surface area contributed by atoms with Gasteiger partial charge in [0, 0.05) is 25.7 Å². The summed E-state index contributed by atoms with van der Waals surface area (Å²) >= 11 is 0. The summed E-state index contributed by atoms with van der Waals surface area (Å²) in [5.41, 5.74) is 0. The van der Waals surface area contributed by atoms with E-state index in [-0.39, 0.29) is 25.7 Å². The molecule has 19 heteroatoms. The van der Waals surface area contributed by atoms with E-state index in [1.807, 2.05) is 0 Å². The van der Waals surface area contributed by atoms with Gasteiger partial charge in [-0.25, -0.2) is 9.13 Å². The number of esters is 4. The first kappa shape index (κ1) is 93.1. The minimum Gasteiger partial charge on any atom is -0.462 e. The Bertz CT molecular complexity index is 1840. The first-order chi connectivity index (χ1) is 45.9. The number of hydrogen-bond acceptors (Lipinski definition) is 15. The number of aliphatic hydroxyl groups excluding tert-OH is 1. The summed E-state index contributed by atoms with van der Waals surface area (Å²) in [5.74, 6) is -0.544. The van der Waals surface area contributed by atoms with Gasteiger partial charge in [-0.2, -0.15) is 0 Å². The van der Waals surface area contributed by atoms with Crippen LogP contribution in [0.3, 0.4) is 0 Å². The predicted molar refractivity (Wildman–Crippen MR) is 386 cm³/mol.